The molecule has 0 aromatic carbocycles. The number of nitrogens with one attached hydrogen (secondary N) is 1. The van der Waals surface area contributed by atoms with E-state index < -0.39 is 15.5 Å². The smallest absolute Gasteiger partial charge is 0.357 e. The van der Waals surface area contributed by atoms with Gasteiger partial charge in [-0.15, -0.1) is 0 Å². The Labute approximate surface area is 172 Å². The predicted molar refractivity (Wildman–Crippen MR) is 107 cm³/mol. The van der Waals surface area contributed by atoms with Gasteiger partial charge in [-0.05, 0) is 50.4 Å². The molecule has 1 N–H and O–H groups in total. The number of guanidine groups is 1. The van der Waals surface area contributed by atoms with E-state index in [1.165, 1.54) is 38.5 Å². The first-order valence-electron chi connectivity index (χ1n) is 10.8. The Kier molecular flexibility index (Phi) is 7.03. The minimum atomic E-state index is -5.22. The van der Waals surface area contributed by atoms with Gasteiger partial charge in [-0.25, -0.2) is 8.42 Å². The predicted octanol–water partition coefficient (Wildman–Crippen LogP) is 3.17. The van der Waals surface area contributed by atoms with Crippen molar-refractivity contribution in [2.75, 3.05) is 39.3 Å². The van der Waals surface area contributed by atoms with Crippen molar-refractivity contribution >= 4 is 16.0 Å². The molecule has 0 atom stereocenters. The summed E-state index contributed by atoms with van der Waals surface area (Å²) in [5, 5.41) is 3.36. The fraction of sp³-hybridized carbons (Fsp3) is 0.947. The highest BCUT2D eigenvalue weighted by Gasteiger charge is 2.50. The Balaban J connectivity index is 1.55. The van der Waals surface area contributed by atoms with Crippen LogP contribution in [0, 0.1) is 11.3 Å². The van der Waals surface area contributed by atoms with Crippen LogP contribution in [0.5, 0.6) is 0 Å². The zero-order chi connectivity index (χ0) is 21.1. The van der Waals surface area contributed by atoms with Crippen LogP contribution in [0.2, 0.25) is 0 Å². The van der Waals surface area contributed by atoms with Crippen molar-refractivity contribution < 1.29 is 21.6 Å². The third-order valence-corrected chi connectivity index (χ3v) is 8.32. The second-order valence-corrected chi connectivity index (χ2v) is 10.6. The first kappa shape index (κ1) is 22.7. The summed E-state index contributed by atoms with van der Waals surface area (Å²) >= 11 is 0. The number of sulfonamides is 1. The number of halogens is 3. The van der Waals surface area contributed by atoms with Gasteiger partial charge in [-0.1, -0.05) is 19.3 Å². The number of hydrogen-bond donors (Lipinski definition) is 1. The normalized spacial score (nSPS) is 25.0. The number of likely N-dealkylation sites (tertiary alicyclic amines) is 1. The Morgan fingerprint density at radius 1 is 1.10 bits per heavy atom. The highest BCUT2D eigenvalue weighted by molar-refractivity contribution is 7.90. The Morgan fingerprint density at radius 3 is 2.34 bits per heavy atom. The summed E-state index contributed by atoms with van der Waals surface area (Å²) in [7, 11) is -5.21. The lowest BCUT2D eigenvalue weighted by Crippen LogP contribution is -2.45. The van der Waals surface area contributed by atoms with Crippen LogP contribution in [-0.4, -0.2) is 68.4 Å². The lowest BCUT2D eigenvalue weighted by atomic mass is 9.73. The summed E-state index contributed by atoms with van der Waals surface area (Å²) in [5.41, 5.74) is -4.80. The topological polar surface area (TPSA) is 65.0 Å². The molecule has 0 aromatic heterocycles. The molecule has 10 heteroatoms. The molecule has 0 bridgehead atoms. The van der Waals surface area contributed by atoms with Gasteiger partial charge in [0.25, 0.3) is 0 Å². The maximum Gasteiger partial charge on any atom is 0.511 e. The van der Waals surface area contributed by atoms with Crippen LogP contribution >= 0.6 is 0 Å². The molecule has 3 aliphatic rings. The van der Waals surface area contributed by atoms with E-state index in [1.807, 2.05) is 6.92 Å². The first-order valence-corrected chi connectivity index (χ1v) is 12.2. The average Bonchev–Trinajstić information content (AvgIpc) is 3.08. The molecule has 168 valence electrons. The molecule has 3 rings (SSSR count). The van der Waals surface area contributed by atoms with Gasteiger partial charge in [0, 0.05) is 39.3 Å². The maximum atomic E-state index is 12.7. The van der Waals surface area contributed by atoms with Crippen molar-refractivity contribution in [3.05, 3.63) is 0 Å². The summed E-state index contributed by atoms with van der Waals surface area (Å²) in [6, 6.07) is 0. The molecule has 2 heterocycles. The van der Waals surface area contributed by atoms with Gasteiger partial charge in [-0.3, -0.25) is 4.99 Å². The third kappa shape index (κ3) is 5.18. The second-order valence-electron chi connectivity index (χ2n) is 8.72. The van der Waals surface area contributed by atoms with Gasteiger partial charge in [0.15, 0.2) is 5.96 Å². The van der Waals surface area contributed by atoms with E-state index in [1.54, 1.807) is 0 Å². The van der Waals surface area contributed by atoms with Gasteiger partial charge in [0.05, 0.1) is 0 Å². The Hall–Kier alpha value is -1.03. The van der Waals surface area contributed by atoms with E-state index in [0.29, 0.717) is 29.1 Å². The van der Waals surface area contributed by atoms with Crippen molar-refractivity contribution in [3.63, 3.8) is 0 Å². The van der Waals surface area contributed by atoms with E-state index in [-0.39, 0.29) is 19.0 Å². The molecular weight excluding hydrogens is 405 g/mol. The van der Waals surface area contributed by atoms with Crippen molar-refractivity contribution in [3.8, 4) is 0 Å². The monoisotopic (exact) mass is 438 g/mol. The highest BCUT2D eigenvalue weighted by atomic mass is 32.2. The standard InChI is InChI=1S/C19H33F3N4O2S/c1-2-23-17(25-13-10-18(15-25)8-4-3-5-9-18)24-14-16-6-11-26(12-7-16)29(27,28)19(20,21)22/h16H,2-15H2,1H3,(H,23,24). The van der Waals surface area contributed by atoms with Gasteiger partial charge < -0.3 is 10.2 Å². The van der Waals surface area contributed by atoms with Crippen molar-refractivity contribution in [2.24, 2.45) is 16.3 Å². The zero-order valence-corrected chi connectivity index (χ0v) is 18.0. The van der Waals surface area contributed by atoms with Gasteiger partial charge in [0.1, 0.15) is 0 Å². The Morgan fingerprint density at radius 2 is 1.76 bits per heavy atom. The minimum absolute atomic E-state index is 0.0919. The Bertz CT molecular complexity index is 682. The number of hydrogen-bond acceptors (Lipinski definition) is 3. The summed E-state index contributed by atoms with van der Waals surface area (Å²) in [4.78, 5) is 7.11. The van der Waals surface area contributed by atoms with Crippen LogP contribution in [0.1, 0.15) is 58.3 Å². The van der Waals surface area contributed by atoms with Crippen molar-refractivity contribution in [2.45, 2.75) is 63.8 Å². The third-order valence-electron chi connectivity index (χ3n) is 6.69. The summed E-state index contributed by atoms with van der Waals surface area (Å²) in [6.45, 7) is 5.16. The second kappa shape index (κ2) is 8.99. The fourth-order valence-corrected chi connectivity index (χ4v) is 5.93. The molecule has 2 aliphatic heterocycles. The van der Waals surface area contributed by atoms with Crippen molar-refractivity contribution in [1.29, 1.82) is 0 Å². The minimum Gasteiger partial charge on any atom is -0.357 e. The molecule has 0 amide bonds. The summed E-state index contributed by atoms with van der Waals surface area (Å²) in [6.07, 6.45) is 8.53. The molecule has 1 spiro atoms. The molecule has 6 nitrogen and oxygen atoms in total. The van der Waals surface area contributed by atoms with E-state index in [0.717, 1.165) is 25.6 Å². The van der Waals surface area contributed by atoms with E-state index in [2.05, 4.69) is 10.2 Å². The SMILES string of the molecule is CCNC(=NCC1CCN(S(=O)(=O)C(F)(F)F)CC1)N1CCC2(CCCCC2)C1. The molecular formula is C19H33F3N4O2S. The van der Waals surface area contributed by atoms with Crippen LogP contribution in [0.25, 0.3) is 0 Å². The maximum absolute atomic E-state index is 12.7. The first-order chi connectivity index (χ1) is 13.7. The largest absolute Gasteiger partial charge is 0.511 e. The van der Waals surface area contributed by atoms with E-state index in [4.69, 9.17) is 4.99 Å². The highest BCUT2D eigenvalue weighted by Crippen LogP contribution is 2.43. The van der Waals surface area contributed by atoms with Crippen LogP contribution in [0.4, 0.5) is 13.2 Å². The molecule has 2 saturated heterocycles. The van der Waals surface area contributed by atoms with Gasteiger partial charge in [-0.2, -0.15) is 17.5 Å². The quantitative estimate of drug-likeness (QED) is 0.541. The lowest BCUT2D eigenvalue weighted by Gasteiger charge is -2.34. The lowest BCUT2D eigenvalue weighted by molar-refractivity contribution is -0.0496. The summed E-state index contributed by atoms with van der Waals surface area (Å²) < 4.78 is 61.8. The number of nitrogens with zero attached hydrogens (tertiary/aromatic N) is 3. The number of alkyl halides is 3. The molecule has 1 aliphatic carbocycles. The van der Waals surface area contributed by atoms with Crippen LogP contribution < -0.4 is 5.32 Å². The number of aliphatic imine (C=N–C) groups is 1. The van der Waals surface area contributed by atoms with Crippen molar-refractivity contribution in [1.82, 2.24) is 14.5 Å². The van der Waals surface area contributed by atoms with Gasteiger partial charge in [0.2, 0.25) is 0 Å². The molecule has 29 heavy (non-hydrogen) atoms. The zero-order valence-electron chi connectivity index (χ0n) is 17.2. The van der Waals surface area contributed by atoms with Crippen LogP contribution in [0.3, 0.4) is 0 Å². The molecule has 0 aromatic rings. The van der Waals surface area contributed by atoms with E-state index >= 15 is 0 Å². The average molecular weight is 439 g/mol. The molecule has 0 unspecified atom stereocenters. The van der Waals surface area contributed by atoms with Gasteiger partial charge >= 0.3 is 15.5 Å². The van der Waals surface area contributed by atoms with Crippen LogP contribution in [-0.2, 0) is 10.0 Å². The number of rotatable bonds is 4. The molecule has 0 radical (unpaired) electrons. The molecule has 3 fully saturated rings. The molecule has 1 saturated carbocycles. The fourth-order valence-electron chi connectivity index (χ4n) is 4.95. The summed E-state index contributed by atoms with van der Waals surface area (Å²) in [5.74, 6) is 0.995. The van der Waals surface area contributed by atoms with E-state index in [9.17, 15) is 21.6 Å². The van der Waals surface area contributed by atoms with Crippen LogP contribution in [0.15, 0.2) is 4.99 Å². The number of piperidine rings is 1.